The molecule has 3 N–H and O–H groups in total. The SMILES string of the molecule is O=C(CNC(=O)NCc1ccc(F)cc1)Nc1cccnc1. The molecule has 7 heteroatoms. The number of carbonyl (C=O) groups is 2. The van der Waals surface area contributed by atoms with E-state index in [4.69, 9.17) is 0 Å². The molecule has 0 saturated heterocycles. The first-order valence-electron chi connectivity index (χ1n) is 6.59. The summed E-state index contributed by atoms with van der Waals surface area (Å²) in [6.45, 7) is 0.0838. The lowest BCUT2D eigenvalue weighted by Crippen LogP contribution is -2.39. The van der Waals surface area contributed by atoms with Crippen molar-refractivity contribution < 1.29 is 14.0 Å². The second-order valence-corrected chi connectivity index (χ2v) is 4.45. The average molecular weight is 302 g/mol. The molecule has 1 aromatic carbocycles. The monoisotopic (exact) mass is 302 g/mol. The van der Waals surface area contributed by atoms with E-state index in [-0.39, 0.29) is 24.8 Å². The molecule has 0 atom stereocenters. The molecule has 1 aromatic heterocycles. The Kier molecular flexibility index (Phi) is 5.42. The minimum absolute atomic E-state index is 0.163. The van der Waals surface area contributed by atoms with Crippen LogP contribution in [0.2, 0.25) is 0 Å². The first kappa shape index (κ1) is 15.4. The third-order valence-corrected chi connectivity index (χ3v) is 2.72. The molecule has 0 fully saturated rings. The van der Waals surface area contributed by atoms with Crippen LogP contribution < -0.4 is 16.0 Å². The van der Waals surface area contributed by atoms with E-state index in [1.54, 1.807) is 30.5 Å². The molecule has 6 nitrogen and oxygen atoms in total. The number of amides is 3. The van der Waals surface area contributed by atoms with Crippen LogP contribution >= 0.6 is 0 Å². The van der Waals surface area contributed by atoms with E-state index < -0.39 is 6.03 Å². The summed E-state index contributed by atoms with van der Waals surface area (Å²) in [5.41, 5.74) is 1.32. The smallest absolute Gasteiger partial charge is 0.315 e. The fraction of sp³-hybridized carbons (Fsp3) is 0.133. The Morgan fingerprint density at radius 2 is 1.86 bits per heavy atom. The maximum absolute atomic E-state index is 12.7. The highest BCUT2D eigenvalue weighted by atomic mass is 19.1. The highest BCUT2D eigenvalue weighted by Gasteiger charge is 2.05. The molecule has 0 spiro atoms. The normalized spacial score (nSPS) is 9.86. The van der Waals surface area contributed by atoms with E-state index in [0.717, 1.165) is 5.56 Å². The number of nitrogens with one attached hydrogen (secondary N) is 3. The molecule has 0 aliphatic rings. The van der Waals surface area contributed by atoms with Gasteiger partial charge in [-0.25, -0.2) is 9.18 Å². The predicted molar refractivity (Wildman–Crippen MR) is 79.5 cm³/mol. The van der Waals surface area contributed by atoms with Gasteiger partial charge in [-0.2, -0.15) is 0 Å². The lowest BCUT2D eigenvalue weighted by Gasteiger charge is -2.08. The fourth-order valence-corrected chi connectivity index (χ4v) is 1.65. The van der Waals surface area contributed by atoms with E-state index in [1.165, 1.54) is 18.3 Å². The number of anilines is 1. The van der Waals surface area contributed by atoms with Crippen molar-refractivity contribution in [2.75, 3.05) is 11.9 Å². The summed E-state index contributed by atoms with van der Waals surface area (Å²) in [5, 5.41) is 7.59. The highest BCUT2D eigenvalue weighted by Crippen LogP contribution is 2.02. The molecule has 0 bridgehead atoms. The quantitative estimate of drug-likeness (QED) is 0.785. The van der Waals surface area contributed by atoms with Crippen LogP contribution in [0.4, 0.5) is 14.9 Å². The average Bonchev–Trinajstić information content (AvgIpc) is 2.53. The molecule has 0 aliphatic heterocycles. The van der Waals surface area contributed by atoms with E-state index in [2.05, 4.69) is 20.9 Å². The van der Waals surface area contributed by atoms with Crippen LogP contribution in [-0.4, -0.2) is 23.5 Å². The van der Waals surface area contributed by atoms with Gasteiger partial charge in [-0.3, -0.25) is 9.78 Å². The van der Waals surface area contributed by atoms with Gasteiger partial charge in [0.1, 0.15) is 5.82 Å². The minimum atomic E-state index is -0.481. The Balaban J connectivity index is 1.69. The topological polar surface area (TPSA) is 83.1 Å². The Bertz CT molecular complexity index is 632. The Morgan fingerprint density at radius 1 is 1.09 bits per heavy atom. The van der Waals surface area contributed by atoms with Crippen LogP contribution in [0.3, 0.4) is 0 Å². The van der Waals surface area contributed by atoms with Crippen molar-refractivity contribution >= 4 is 17.6 Å². The molecule has 0 aliphatic carbocycles. The van der Waals surface area contributed by atoms with Gasteiger partial charge < -0.3 is 16.0 Å². The minimum Gasteiger partial charge on any atom is -0.334 e. The number of hydrogen-bond donors (Lipinski definition) is 3. The summed E-state index contributed by atoms with van der Waals surface area (Å²) in [4.78, 5) is 27.0. The van der Waals surface area contributed by atoms with Crippen LogP contribution in [0, 0.1) is 5.82 Å². The molecule has 2 rings (SSSR count). The number of aromatic nitrogens is 1. The first-order chi connectivity index (χ1) is 10.6. The summed E-state index contributed by atoms with van der Waals surface area (Å²) in [6, 6.07) is 8.69. The van der Waals surface area contributed by atoms with Crippen LogP contribution in [-0.2, 0) is 11.3 Å². The van der Waals surface area contributed by atoms with Gasteiger partial charge in [-0.15, -0.1) is 0 Å². The summed E-state index contributed by atoms with van der Waals surface area (Å²) in [7, 11) is 0. The molecular weight excluding hydrogens is 287 g/mol. The van der Waals surface area contributed by atoms with Crippen LogP contribution in [0.1, 0.15) is 5.56 Å². The lowest BCUT2D eigenvalue weighted by molar-refractivity contribution is -0.115. The predicted octanol–water partition coefficient (Wildman–Crippen LogP) is 1.66. The zero-order chi connectivity index (χ0) is 15.8. The van der Waals surface area contributed by atoms with Crippen molar-refractivity contribution in [1.29, 1.82) is 0 Å². The van der Waals surface area contributed by atoms with Gasteiger partial charge in [0.05, 0.1) is 18.4 Å². The summed E-state index contributed by atoms with van der Waals surface area (Å²) in [5.74, 6) is -0.690. The van der Waals surface area contributed by atoms with E-state index in [9.17, 15) is 14.0 Å². The number of urea groups is 1. The first-order valence-corrected chi connectivity index (χ1v) is 6.59. The maximum atomic E-state index is 12.7. The second kappa shape index (κ2) is 7.72. The fourth-order valence-electron chi connectivity index (χ4n) is 1.65. The maximum Gasteiger partial charge on any atom is 0.315 e. The van der Waals surface area contributed by atoms with Gasteiger partial charge in [-0.1, -0.05) is 12.1 Å². The van der Waals surface area contributed by atoms with Gasteiger partial charge in [0.25, 0.3) is 0 Å². The van der Waals surface area contributed by atoms with E-state index in [0.29, 0.717) is 5.69 Å². The Labute approximate surface area is 126 Å². The molecule has 1 heterocycles. The van der Waals surface area contributed by atoms with Gasteiger partial charge in [-0.05, 0) is 29.8 Å². The third-order valence-electron chi connectivity index (χ3n) is 2.72. The molecule has 3 amide bonds. The van der Waals surface area contributed by atoms with Crippen LogP contribution in [0.25, 0.3) is 0 Å². The summed E-state index contributed by atoms with van der Waals surface area (Å²) < 4.78 is 12.7. The number of carbonyl (C=O) groups excluding carboxylic acids is 2. The highest BCUT2D eigenvalue weighted by molar-refractivity contribution is 5.94. The Hall–Kier alpha value is -2.96. The van der Waals surface area contributed by atoms with Crippen molar-refractivity contribution in [2.24, 2.45) is 0 Å². The van der Waals surface area contributed by atoms with Crippen molar-refractivity contribution in [1.82, 2.24) is 15.6 Å². The zero-order valence-corrected chi connectivity index (χ0v) is 11.7. The lowest BCUT2D eigenvalue weighted by atomic mass is 10.2. The van der Waals surface area contributed by atoms with Gasteiger partial charge >= 0.3 is 6.03 Å². The van der Waals surface area contributed by atoms with E-state index in [1.807, 2.05) is 0 Å². The van der Waals surface area contributed by atoms with Crippen molar-refractivity contribution in [3.8, 4) is 0 Å². The van der Waals surface area contributed by atoms with E-state index >= 15 is 0 Å². The van der Waals surface area contributed by atoms with Crippen LogP contribution in [0.5, 0.6) is 0 Å². The van der Waals surface area contributed by atoms with Crippen molar-refractivity contribution in [3.05, 3.63) is 60.2 Å². The van der Waals surface area contributed by atoms with Crippen molar-refractivity contribution in [2.45, 2.75) is 6.54 Å². The van der Waals surface area contributed by atoms with Crippen molar-refractivity contribution in [3.63, 3.8) is 0 Å². The van der Waals surface area contributed by atoms with Gasteiger partial charge in [0, 0.05) is 12.7 Å². The molecule has 114 valence electrons. The standard InChI is InChI=1S/C15H15FN4O2/c16-12-5-3-11(4-6-12)8-18-15(22)19-10-14(21)20-13-2-1-7-17-9-13/h1-7,9H,8,10H2,(H,20,21)(H2,18,19,22). The second-order valence-electron chi connectivity index (χ2n) is 4.45. The number of rotatable bonds is 5. The molecular formula is C15H15FN4O2. The number of hydrogen-bond acceptors (Lipinski definition) is 3. The van der Waals surface area contributed by atoms with Gasteiger partial charge in [0.2, 0.25) is 5.91 Å². The Morgan fingerprint density at radius 3 is 2.55 bits per heavy atom. The number of benzene rings is 1. The summed E-state index contributed by atoms with van der Waals surface area (Å²) >= 11 is 0. The largest absolute Gasteiger partial charge is 0.334 e. The zero-order valence-electron chi connectivity index (χ0n) is 11.7. The summed E-state index contributed by atoms with van der Waals surface area (Å²) in [6.07, 6.45) is 3.10. The van der Waals surface area contributed by atoms with Crippen LogP contribution in [0.15, 0.2) is 48.8 Å². The molecule has 22 heavy (non-hydrogen) atoms. The third kappa shape index (κ3) is 5.20. The number of halogens is 1. The molecule has 0 radical (unpaired) electrons. The molecule has 2 aromatic rings. The number of nitrogens with zero attached hydrogens (tertiary/aromatic N) is 1. The molecule has 0 unspecified atom stereocenters. The van der Waals surface area contributed by atoms with Gasteiger partial charge in [0.15, 0.2) is 0 Å². The number of pyridine rings is 1. The molecule has 0 saturated carbocycles.